The van der Waals surface area contributed by atoms with Gasteiger partial charge in [0.2, 0.25) is 5.91 Å². The highest BCUT2D eigenvalue weighted by Gasteiger charge is 2.34. The lowest BCUT2D eigenvalue weighted by Gasteiger charge is -2.12. The Bertz CT molecular complexity index is 556. The van der Waals surface area contributed by atoms with Crippen molar-refractivity contribution in [3.05, 3.63) is 35.4 Å². The number of carboxylic acid groups (broad SMARTS) is 1. The Kier molecular flexibility index (Phi) is 4.70. The van der Waals surface area contributed by atoms with Crippen molar-refractivity contribution in [2.75, 3.05) is 0 Å². The van der Waals surface area contributed by atoms with Gasteiger partial charge in [-0.15, -0.1) is 0 Å². The van der Waals surface area contributed by atoms with Crippen LogP contribution in [0.25, 0.3) is 0 Å². The molecule has 1 saturated heterocycles. The topological polar surface area (TPSA) is 75.6 Å². The van der Waals surface area contributed by atoms with Gasteiger partial charge in [-0.3, -0.25) is 4.79 Å². The number of rotatable bonds is 4. The van der Waals surface area contributed by atoms with E-state index in [1.54, 1.807) is 0 Å². The van der Waals surface area contributed by atoms with Crippen molar-refractivity contribution >= 4 is 11.9 Å². The average Bonchev–Trinajstić information content (AvgIpc) is 2.94. The maximum Gasteiger partial charge on any atom is 0.416 e. The Labute approximate surface area is 124 Å². The van der Waals surface area contributed by atoms with E-state index in [0.29, 0.717) is 12.0 Å². The molecule has 0 unspecified atom stereocenters. The Hall–Kier alpha value is -2.09. The number of benzene rings is 1. The van der Waals surface area contributed by atoms with Crippen molar-refractivity contribution in [1.82, 2.24) is 5.32 Å². The molecule has 0 spiro atoms. The van der Waals surface area contributed by atoms with Crippen LogP contribution in [0.1, 0.15) is 24.0 Å². The van der Waals surface area contributed by atoms with Crippen LogP contribution in [0.4, 0.5) is 13.2 Å². The van der Waals surface area contributed by atoms with Crippen LogP contribution in [0.3, 0.4) is 0 Å². The summed E-state index contributed by atoms with van der Waals surface area (Å²) in [6.07, 6.45) is -5.66. The van der Waals surface area contributed by atoms with Crippen molar-refractivity contribution < 1.29 is 32.6 Å². The molecule has 1 aromatic rings. The van der Waals surface area contributed by atoms with Gasteiger partial charge in [0.15, 0.2) is 6.10 Å². The van der Waals surface area contributed by atoms with E-state index in [4.69, 9.17) is 9.84 Å². The molecule has 22 heavy (non-hydrogen) atoms. The van der Waals surface area contributed by atoms with E-state index in [-0.39, 0.29) is 13.0 Å². The van der Waals surface area contributed by atoms with Crippen LogP contribution in [0.15, 0.2) is 24.3 Å². The van der Waals surface area contributed by atoms with E-state index >= 15 is 0 Å². The molecule has 0 aliphatic carbocycles. The minimum Gasteiger partial charge on any atom is -0.479 e. The van der Waals surface area contributed by atoms with Crippen LogP contribution in [0.2, 0.25) is 0 Å². The summed E-state index contributed by atoms with van der Waals surface area (Å²) >= 11 is 0. The van der Waals surface area contributed by atoms with E-state index in [9.17, 15) is 22.8 Å². The molecule has 0 radical (unpaired) electrons. The molecule has 0 aromatic heterocycles. The van der Waals surface area contributed by atoms with Crippen molar-refractivity contribution in [2.45, 2.75) is 37.8 Å². The van der Waals surface area contributed by atoms with E-state index in [1.165, 1.54) is 12.1 Å². The van der Waals surface area contributed by atoms with Gasteiger partial charge < -0.3 is 15.2 Å². The molecule has 1 heterocycles. The molecule has 1 aliphatic heterocycles. The standard InChI is InChI=1S/C14H14F3NO4/c15-14(16,17)9-3-1-8(2-4-9)7-18-12(19)10-5-6-11(22-10)13(20)21/h1-4,10-11H,5-7H2,(H,18,19)(H,20,21)/t10-,11+/m0/s1. The lowest BCUT2D eigenvalue weighted by Crippen LogP contribution is -2.35. The fourth-order valence-electron chi connectivity index (χ4n) is 2.13. The summed E-state index contributed by atoms with van der Waals surface area (Å²) in [7, 11) is 0. The lowest BCUT2D eigenvalue weighted by molar-refractivity contribution is -0.151. The third-order valence-electron chi connectivity index (χ3n) is 3.34. The molecule has 5 nitrogen and oxygen atoms in total. The SMILES string of the molecule is O=C(NCc1ccc(C(F)(F)F)cc1)[C@@H]1CC[C@H](C(=O)O)O1. The molecule has 1 aromatic carbocycles. The van der Waals surface area contributed by atoms with Gasteiger partial charge in [0, 0.05) is 6.54 Å². The Balaban J connectivity index is 1.85. The predicted molar refractivity (Wildman–Crippen MR) is 68.8 cm³/mol. The first-order valence-electron chi connectivity index (χ1n) is 6.59. The van der Waals surface area contributed by atoms with Gasteiger partial charge in [-0.25, -0.2) is 4.79 Å². The highest BCUT2D eigenvalue weighted by Crippen LogP contribution is 2.29. The fraction of sp³-hybridized carbons (Fsp3) is 0.429. The molecule has 1 aliphatic rings. The van der Waals surface area contributed by atoms with Crippen LogP contribution in [0.5, 0.6) is 0 Å². The van der Waals surface area contributed by atoms with Crippen LogP contribution >= 0.6 is 0 Å². The van der Waals surface area contributed by atoms with Crippen LogP contribution in [0, 0.1) is 0 Å². The monoisotopic (exact) mass is 317 g/mol. The smallest absolute Gasteiger partial charge is 0.416 e. The first-order chi connectivity index (χ1) is 10.3. The molecule has 1 amide bonds. The van der Waals surface area contributed by atoms with Crippen LogP contribution in [-0.4, -0.2) is 29.2 Å². The third kappa shape index (κ3) is 3.97. The number of hydrogen-bond acceptors (Lipinski definition) is 3. The zero-order valence-electron chi connectivity index (χ0n) is 11.4. The summed E-state index contributed by atoms with van der Waals surface area (Å²) in [5, 5.41) is 11.3. The van der Waals surface area contributed by atoms with Crippen LogP contribution in [-0.2, 0) is 27.0 Å². The van der Waals surface area contributed by atoms with Crippen molar-refractivity contribution in [2.24, 2.45) is 0 Å². The van der Waals surface area contributed by atoms with Gasteiger partial charge in [0.1, 0.15) is 6.10 Å². The third-order valence-corrected chi connectivity index (χ3v) is 3.34. The predicted octanol–water partition coefficient (Wildman–Crippen LogP) is 1.95. The highest BCUT2D eigenvalue weighted by atomic mass is 19.4. The lowest BCUT2D eigenvalue weighted by atomic mass is 10.1. The maximum atomic E-state index is 12.4. The molecule has 0 saturated carbocycles. The largest absolute Gasteiger partial charge is 0.479 e. The second-order valence-corrected chi connectivity index (χ2v) is 4.94. The molecule has 2 atom stereocenters. The Morgan fingerprint density at radius 1 is 1.18 bits per heavy atom. The number of aliphatic carboxylic acids is 1. The number of halogens is 3. The molecule has 120 valence electrons. The first-order valence-corrected chi connectivity index (χ1v) is 6.59. The number of carboxylic acids is 1. The molecule has 8 heteroatoms. The molecule has 2 rings (SSSR count). The minimum absolute atomic E-state index is 0.0502. The summed E-state index contributed by atoms with van der Waals surface area (Å²) < 4.78 is 42.3. The number of carbonyl (C=O) groups excluding carboxylic acids is 1. The van der Waals surface area contributed by atoms with E-state index in [2.05, 4.69) is 5.32 Å². The van der Waals surface area contributed by atoms with Gasteiger partial charge >= 0.3 is 12.1 Å². The average molecular weight is 317 g/mol. The quantitative estimate of drug-likeness (QED) is 0.890. The summed E-state index contributed by atoms with van der Waals surface area (Å²) in [5.41, 5.74) is -0.250. The number of ether oxygens (including phenoxy) is 1. The maximum absolute atomic E-state index is 12.4. The summed E-state index contributed by atoms with van der Waals surface area (Å²) in [6.45, 7) is 0.0502. The zero-order chi connectivity index (χ0) is 16.3. The molecular weight excluding hydrogens is 303 g/mol. The summed E-state index contributed by atoms with van der Waals surface area (Å²) in [4.78, 5) is 22.5. The summed E-state index contributed by atoms with van der Waals surface area (Å²) in [6, 6.07) is 4.43. The van der Waals surface area contributed by atoms with Gasteiger partial charge in [-0.05, 0) is 30.5 Å². The van der Waals surface area contributed by atoms with Crippen molar-refractivity contribution in [3.8, 4) is 0 Å². The molecule has 0 bridgehead atoms. The first kappa shape index (κ1) is 16.3. The Morgan fingerprint density at radius 3 is 2.27 bits per heavy atom. The van der Waals surface area contributed by atoms with E-state index in [0.717, 1.165) is 12.1 Å². The minimum atomic E-state index is -4.40. The number of nitrogens with one attached hydrogen (secondary N) is 1. The second-order valence-electron chi connectivity index (χ2n) is 4.94. The zero-order valence-corrected chi connectivity index (χ0v) is 11.4. The van der Waals surface area contributed by atoms with E-state index in [1.807, 2.05) is 0 Å². The van der Waals surface area contributed by atoms with Crippen molar-refractivity contribution in [3.63, 3.8) is 0 Å². The molecule has 2 N–H and O–H groups in total. The number of hydrogen-bond donors (Lipinski definition) is 2. The van der Waals surface area contributed by atoms with Crippen LogP contribution < -0.4 is 5.32 Å². The second kappa shape index (κ2) is 6.35. The van der Waals surface area contributed by atoms with Crippen molar-refractivity contribution in [1.29, 1.82) is 0 Å². The van der Waals surface area contributed by atoms with Gasteiger partial charge in [-0.2, -0.15) is 13.2 Å². The number of alkyl halides is 3. The summed E-state index contributed by atoms with van der Waals surface area (Å²) in [5.74, 6) is -1.58. The molecular formula is C14H14F3NO4. The van der Waals surface area contributed by atoms with E-state index < -0.39 is 35.8 Å². The highest BCUT2D eigenvalue weighted by molar-refractivity contribution is 5.82. The fourth-order valence-corrected chi connectivity index (χ4v) is 2.13. The Morgan fingerprint density at radius 2 is 1.77 bits per heavy atom. The normalized spacial score (nSPS) is 21.6. The van der Waals surface area contributed by atoms with Gasteiger partial charge in [0.25, 0.3) is 0 Å². The molecule has 1 fully saturated rings. The van der Waals surface area contributed by atoms with Gasteiger partial charge in [0.05, 0.1) is 5.56 Å². The number of carbonyl (C=O) groups is 2. The number of amides is 1. The van der Waals surface area contributed by atoms with Gasteiger partial charge in [-0.1, -0.05) is 12.1 Å².